The molecule has 98 valence electrons. The molecule has 5 heteroatoms. The molecule has 0 saturated heterocycles. The Balaban J connectivity index is 4.87. The van der Waals surface area contributed by atoms with Gasteiger partial charge in [0.25, 0.3) is 0 Å². The number of unbranched alkanes of at least 4 members (excludes halogenated alkanes) is 1. The summed E-state index contributed by atoms with van der Waals surface area (Å²) in [5.74, 6) is 0. The summed E-state index contributed by atoms with van der Waals surface area (Å²) in [6.45, 7) is 8.49. The lowest BCUT2D eigenvalue weighted by Gasteiger charge is -2.30. The minimum atomic E-state index is -3.23. The van der Waals surface area contributed by atoms with Crippen molar-refractivity contribution >= 4 is 10.0 Å². The summed E-state index contributed by atoms with van der Waals surface area (Å²) in [7, 11) is -3.23. The lowest BCUT2D eigenvalue weighted by atomic mass is 10.2. The standard InChI is InChI=1S/C11H26N2O2S/c1-5-7-8-13(10(3)6-2)16(14,15)11(4)9-12/h10-11H,5-9,12H2,1-4H3. The molecule has 2 atom stereocenters. The van der Waals surface area contributed by atoms with Gasteiger partial charge in [0.1, 0.15) is 0 Å². The molecule has 0 aliphatic carbocycles. The normalized spacial score (nSPS) is 16.4. The highest BCUT2D eigenvalue weighted by molar-refractivity contribution is 7.89. The van der Waals surface area contributed by atoms with Crippen molar-refractivity contribution in [3.8, 4) is 0 Å². The summed E-state index contributed by atoms with van der Waals surface area (Å²) in [5.41, 5.74) is 5.46. The van der Waals surface area contributed by atoms with Gasteiger partial charge in [-0.15, -0.1) is 0 Å². The van der Waals surface area contributed by atoms with E-state index in [1.807, 2.05) is 13.8 Å². The van der Waals surface area contributed by atoms with E-state index in [9.17, 15) is 8.42 Å². The van der Waals surface area contributed by atoms with E-state index in [1.165, 1.54) is 0 Å². The van der Waals surface area contributed by atoms with E-state index in [1.54, 1.807) is 11.2 Å². The Morgan fingerprint density at radius 3 is 2.19 bits per heavy atom. The highest BCUT2D eigenvalue weighted by atomic mass is 32.2. The van der Waals surface area contributed by atoms with E-state index >= 15 is 0 Å². The fourth-order valence-corrected chi connectivity index (χ4v) is 3.21. The van der Waals surface area contributed by atoms with Crippen LogP contribution in [0.2, 0.25) is 0 Å². The molecule has 0 aromatic carbocycles. The highest BCUT2D eigenvalue weighted by Gasteiger charge is 2.30. The second-order valence-electron chi connectivity index (χ2n) is 4.31. The van der Waals surface area contributed by atoms with Gasteiger partial charge in [-0.25, -0.2) is 8.42 Å². The molecule has 2 unspecified atom stereocenters. The van der Waals surface area contributed by atoms with Crippen LogP contribution in [0.5, 0.6) is 0 Å². The van der Waals surface area contributed by atoms with Crippen molar-refractivity contribution in [1.29, 1.82) is 0 Å². The Hall–Kier alpha value is -0.130. The minimum absolute atomic E-state index is 0.0607. The zero-order valence-corrected chi connectivity index (χ0v) is 11.8. The molecule has 0 aromatic heterocycles. The highest BCUT2D eigenvalue weighted by Crippen LogP contribution is 2.15. The maximum Gasteiger partial charge on any atom is 0.218 e. The lowest BCUT2D eigenvalue weighted by Crippen LogP contribution is -2.45. The van der Waals surface area contributed by atoms with Crippen LogP contribution >= 0.6 is 0 Å². The summed E-state index contributed by atoms with van der Waals surface area (Å²) in [6.07, 6.45) is 2.74. The number of nitrogens with two attached hydrogens (primary N) is 1. The monoisotopic (exact) mass is 250 g/mol. The third-order valence-corrected chi connectivity index (χ3v) is 5.39. The molecular weight excluding hydrogens is 224 g/mol. The molecule has 0 spiro atoms. The number of nitrogens with zero attached hydrogens (tertiary/aromatic N) is 1. The summed E-state index contributed by atoms with van der Waals surface area (Å²) >= 11 is 0. The van der Waals surface area contributed by atoms with Gasteiger partial charge in [-0.3, -0.25) is 0 Å². The predicted molar refractivity (Wildman–Crippen MR) is 68.8 cm³/mol. The van der Waals surface area contributed by atoms with Crippen molar-refractivity contribution in [2.45, 2.75) is 58.2 Å². The maximum atomic E-state index is 12.2. The minimum Gasteiger partial charge on any atom is -0.329 e. The van der Waals surface area contributed by atoms with Crippen LogP contribution in [0, 0.1) is 0 Å². The Bertz CT molecular complexity index is 278. The topological polar surface area (TPSA) is 63.4 Å². The van der Waals surface area contributed by atoms with E-state index in [-0.39, 0.29) is 12.6 Å². The Kier molecular flexibility index (Phi) is 7.19. The molecule has 0 fully saturated rings. The van der Waals surface area contributed by atoms with Gasteiger partial charge in [-0.05, 0) is 26.7 Å². The van der Waals surface area contributed by atoms with Crippen LogP contribution in [0.1, 0.15) is 47.0 Å². The molecule has 0 radical (unpaired) electrons. The zero-order valence-electron chi connectivity index (χ0n) is 10.9. The molecule has 0 bridgehead atoms. The maximum absolute atomic E-state index is 12.2. The first kappa shape index (κ1) is 15.9. The van der Waals surface area contributed by atoms with Crippen molar-refractivity contribution in [2.24, 2.45) is 5.73 Å². The van der Waals surface area contributed by atoms with Gasteiger partial charge in [0, 0.05) is 19.1 Å². The zero-order chi connectivity index (χ0) is 12.8. The predicted octanol–water partition coefficient (Wildman–Crippen LogP) is 1.56. The Morgan fingerprint density at radius 2 is 1.81 bits per heavy atom. The van der Waals surface area contributed by atoms with Crippen molar-refractivity contribution in [3.63, 3.8) is 0 Å². The largest absolute Gasteiger partial charge is 0.329 e. The van der Waals surface area contributed by atoms with Crippen molar-refractivity contribution in [3.05, 3.63) is 0 Å². The van der Waals surface area contributed by atoms with Crippen molar-refractivity contribution < 1.29 is 8.42 Å². The lowest BCUT2D eigenvalue weighted by molar-refractivity contribution is 0.321. The number of rotatable bonds is 8. The third-order valence-electron chi connectivity index (χ3n) is 2.98. The molecule has 0 amide bonds. The summed E-state index contributed by atoms with van der Waals surface area (Å²) in [6, 6.07) is 0.0607. The molecule has 0 aliphatic heterocycles. The van der Waals surface area contributed by atoms with Crippen molar-refractivity contribution in [2.75, 3.05) is 13.1 Å². The molecule has 16 heavy (non-hydrogen) atoms. The van der Waals surface area contributed by atoms with E-state index in [2.05, 4.69) is 6.92 Å². The van der Waals surface area contributed by atoms with Gasteiger partial charge in [0.15, 0.2) is 0 Å². The third kappa shape index (κ3) is 4.03. The second kappa shape index (κ2) is 7.25. The van der Waals surface area contributed by atoms with E-state index in [0.717, 1.165) is 19.3 Å². The van der Waals surface area contributed by atoms with Crippen LogP contribution in [0.15, 0.2) is 0 Å². The van der Waals surface area contributed by atoms with Crippen LogP contribution in [-0.4, -0.2) is 37.1 Å². The second-order valence-corrected chi connectivity index (χ2v) is 6.62. The van der Waals surface area contributed by atoms with Crippen LogP contribution in [-0.2, 0) is 10.0 Å². The van der Waals surface area contributed by atoms with Gasteiger partial charge in [-0.1, -0.05) is 20.3 Å². The number of hydrogen-bond donors (Lipinski definition) is 1. The summed E-state index contributed by atoms with van der Waals surface area (Å²) in [5, 5.41) is -0.488. The van der Waals surface area contributed by atoms with Crippen LogP contribution in [0.4, 0.5) is 0 Å². The Morgan fingerprint density at radius 1 is 1.25 bits per heavy atom. The summed E-state index contributed by atoms with van der Waals surface area (Å²) < 4.78 is 26.0. The Labute approximate surface area is 100 Å². The van der Waals surface area contributed by atoms with Crippen LogP contribution in [0.3, 0.4) is 0 Å². The van der Waals surface area contributed by atoms with Gasteiger partial charge in [0.2, 0.25) is 10.0 Å². The molecular formula is C11H26N2O2S. The molecule has 0 saturated carbocycles. The number of hydrogen-bond acceptors (Lipinski definition) is 3. The van der Waals surface area contributed by atoms with Crippen LogP contribution < -0.4 is 5.73 Å². The average Bonchev–Trinajstić information content (AvgIpc) is 2.27. The molecule has 0 heterocycles. The molecule has 0 rings (SSSR count). The fourth-order valence-electron chi connectivity index (χ4n) is 1.47. The quantitative estimate of drug-likeness (QED) is 0.711. The number of sulfonamides is 1. The summed E-state index contributed by atoms with van der Waals surface area (Å²) in [4.78, 5) is 0. The molecule has 0 aromatic rings. The molecule has 4 nitrogen and oxygen atoms in total. The first-order valence-electron chi connectivity index (χ1n) is 6.12. The van der Waals surface area contributed by atoms with Gasteiger partial charge in [-0.2, -0.15) is 4.31 Å². The van der Waals surface area contributed by atoms with E-state index in [0.29, 0.717) is 6.54 Å². The van der Waals surface area contributed by atoms with Gasteiger partial charge < -0.3 is 5.73 Å². The SMILES string of the molecule is CCCCN(C(C)CC)S(=O)(=O)C(C)CN. The van der Waals surface area contributed by atoms with Gasteiger partial charge in [0.05, 0.1) is 5.25 Å². The molecule has 0 aliphatic rings. The van der Waals surface area contributed by atoms with E-state index < -0.39 is 15.3 Å². The van der Waals surface area contributed by atoms with Crippen LogP contribution in [0.25, 0.3) is 0 Å². The van der Waals surface area contributed by atoms with Crippen molar-refractivity contribution in [1.82, 2.24) is 4.31 Å². The fraction of sp³-hybridized carbons (Fsp3) is 1.00. The van der Waals surface area contributed by atoms with E-state index in [4.69, 9.17) is 5.73 Å². The molecule has 2 N–H and O–H groups in total. The smallest absolute Gasteiger partial charge is 0.218 e. The first-order valence-corrected chi connectivity index (χ1v) is 7.62. The van der Waals surface area contributed by atoms with Gasteiger partial charge >= 0.3 is 0 Å². The average molecular weight is 250 g/mol. The first-order chi connectivity index (χ1) is 7.41.